The zero-order valence-electron chi connectivity index (χ0n) is 17.4. The fourth-order valence-corrected chi connectivity index (χ4v) is 5.77. The van der Waals surface area contributed by atoms with Crippen LogP contribution >= 0.6 is 23.1 Å². The monoisotopic (exact) mass is 431 g/mol. The summed E-state index contributed by atoms with van der Waals surface area (Å²) >= 11 is 3.31. The van der Waals surface area contributed by atoms with Gasteiger partial charge in [-0.05, 0) is 68.9 Å². The Morgan fingerprint density at radius 3 is 2.76 bits per heavy atom. The number of aryl methyl sites for hydroxylation is 1. The van der Waals surface area contributed by atoms with E-state index in [2.05, 4.69) is 43.4 Å². The van der Waals surface area contributed by atoms with Gasteiger partial charge in [0.1, 0.15) is 5.00 Å². The molecule has 1 aliphatic carbocycles. The van der Waals surface area contributed by atoms with Gasteiger partial charge in [0.2, 0.25) is 5.91 Å². The third-order valence-corrected chi connectivity index (χ3v) is 7.35. The SMILES string of the molecule is CCOC(=O)c1c(NC(=O)CCCSc2ccc(C)cc2)sc2c1CCC(C)C2. The van der Waals surface area contributed by atoms with E-state index in [0.717, 1.165) is 37.0 Å². The van der Waals surface area contributed by atoms with E-state index in [1.807, 2.05) is 6.92 Å². The Labute approximate surface area is 181 Å². The van der Waals surface area contributed by atoms with Gasteiger partial charge in [0.25, 0.3) is 0 Å². The standard InChI is InChI=1S/C23H29NO3S2/c1-4-27-23(26)21-18-12-9-16(3)14-19(18)29-22(21)24-20(25)6-5-13-28-17-10-7-15(2)8-11-17/h7-8,10-11,16H,4-6,9,12-14H2,1-3H3,(H,24,25). The van der Waals surface area contributed by atoms with Crippen LogP contribution in [0, 0.1) is 12.8 Å². The van der Waals surface area contributed by atoms with Crippen molar-refractivity contribution in [1.29, 1.82) is 0 Å². The van der Waals surface area contributed by atoms with E-state index in [9.17, 15) is 9.59 Å². The first-order chi connectivity index (χ1) is 14.0. The van der Waals surface area contributed by atoms with E-state index in [0.29, 0.717) is 29.5 Å². The van der Waals surface area contributed by atoms with E-state index in [-0.39, 0.29) is 11.9 Å². The largest absolute Gasteiger partial charge is 0.462 e. The van der Waals surface area contributed by atoms with Gasteiger partial charge in [-0.15, -0.1) is 23.1 Å². The zero-order valence-corrected chi connectivity index (χ0v) is 19.0. The summed E-state index contributed by atoms with van der Waals surface area (Å²) in [7, 11) is 0. The molecule has 0 bridgehead atoms. The van der Waals surface area contributed by atoms with E-state index in [1.165, 1.54) is 15.3 Å². The van der Waals surface area contributed by atoms with Gasteiger partial charge >= 0.3 is 5.97 Å². The Kier molecular flexibility index (Phi) is 7.78. The summed E-state index contributed by atoms with van der Waals surface area (Å²) in [5, 5.41) is 3.66. The molecular formula is C23H29NO3S2. The van der Waals surface area contributed by atoms with Gasteiger partial charge < -0.3 is 10.1 Å². The van der Waals surface area contributed by atoms with Crippen LogP contribution in [-0.4, -0.2) is 24.2 Å². The summed E-state index contributed by atoms with van der Waals surface area (Å²) in [5.74, 6) is 1.15. The van der Waals surface area contributed by atoms with Crippen molar-refractivity contribution in [2.75, 3.05) is 17.7 Å². The predicted octanol–water partition coefficient (Wildman–Crippen LogP) is 5.87. The third-order valence-electron chi connectivity index (χ3n) is 5.08. The van der Waals surface area contributed by atoms with Crippen LogP contribution in [0.25, 0.3) is 0 Å². The van der Waals surface area contributed by atoms with Gasteiger partial charge in [-0.25, -0.2) is 4.79 Å². The Bertz CT molecular complexity index is 858. The first-order valence-corrected chi connectivity index (χ1v) is 12.1. The molecule has 4 nitrogen and oxygen atoms in total. The number of amides is 1. The van der Waals surface area contributed by atoms with Gasteiger partial charge in [-0.3, -0.25) is 4.79 Å². The summed E-state index contributed by atoms with van der Waals surface area (Å²) in [4.78, 5) is 27.5. The number of rotatable bonds is 8. The van der Waals surface area contributed by atoms with Gasteiger partial charge in [0.15, 0.2) is 0 Å². The van der Waals surface area contributed by atoms with Gasteiger partial charge in [0.05, 0.1) is 12.2 Å². The van der Waals surface area contributed by atoms with Crippen molar-refractivity contribution in [2.45, 2.75) is 57.8 Å². The highest BCUT2D eigenvalue weighted by Crippen LogP contribution is 2.40. The van der Waals surface area contributed by atoms with Gasteiger partial charge in [-0.2, -0.15) is 0 Å². The number of benzene rings is 1. The lowest BCUT2D eigenvalue weighted by Gasteiger charge is -2.18. The first-order valence-electron chi connectivity index (χ1n) is 10.3. The molecule has 0 aliphatic heterocycles. The lowest BCUT2D eigenvalue weighted by atomic mass is 9.88. The molecule has 1 amide bonds. The summed E-state index contributed by atoms with van der Waals surface area (Å²) in [6.45, 7) is 6.45. The van der Waals surface area contributed by atoms with Gasteiger partial charge in [0, 0.05) is 16.2 Å². The Morgan fingerprint density at radius 1 is 1.28 bits per heavy atom. The summed E-state index contributed by atoms with van der Waals surface area (Å²) < 4.78 is 5.27. The van der Waals surface area contributed by atoms with Crippen molar-refractivity contribution in [1.82, 2.24) is 0 Å². The molecule has 1 N–H and O–H groups in total. The molecular weight excluding hydrogens is 402 g/mol. The van der Waals surface area contributed by atoms with Crippen molar-refractivity contribution >= 4 is 40.0 Å². The summed E-state index contributed by atoms with van der Waals surface area (Å²) in [6.07, 6.45) is 4.15. The molecule has 0 saturated heterocycles. The van der Waals surface area contributed by atoms with E-state index >= 15 is 0 Å². The van der Waals surface area contributed by atoms with Crippen molar-refractivity contribution in [2.24, 2.45) is 5.92 Å². The molecule has 1 atom stereocenters. The van der Waals surface area contributed by atoms with E-state index in [4.69, 9.17) is 4.74 Å². The molecule has 0 fully saturated rings. The molecule has 1 aromatic heterocycles. The quantitative estimate of drug-likeness (QED) is 0.323. The zero-order chi connectivity index (χ0) is 20.8. The van der Waals surface area contributed by atoms with E-state index < -0.39 is 0 Å². The molecule has 1 aliphatic rings. The maximum Gasteiger partial charge on any atom is 0.341 e. The molecule has 0 spiro atoms. The summed E-state index contributed by atoms with van der Waals surface area (Å²) in [5.41, 5.74) is 2.91. The first kappa shape index (κ1) is 21.9. The molecule has 1 heterocycles. The van der Waals surface area contributed by atoms with Crippen LogP contribution in [0.1, 0.15) is 59.5 Å². The highest BCUT2D eigenvalue weighted by atomic mass is 32.2. The number of fused-ring (bicyclic) bond motifs is 1. The van der Waals surface area contributed by atoms with Crippen LogP contribution in [0.2, 0.25) is 0 Å². The number of nitrogens with one attached hydrogen (secondary N) is 1. The molecule has 0 radical (unpaired) electrons. The molecule has 1 aromatic carbocycles. The highest BCUT2D eigenvalue weighted by Gasteiger charge is 2.29. The second-order valence-electron chi connectivity index (χ2n) is 7.59. The topological polar surface area (TPSA) is 55.4 Å². The Hall–Kier alpha value is -1.79. The molecule has 6 heteroatoms. The van der Waals surface area contributed by atoms with Crippen molar-refractivity contribution < 1.29 is 14.3 Å². The Balaban J connectivity index is 1.59. The lowest BCUT2D eigenvalue weighted by Crippen LogP contribution is -2.16. The molecule has 3 rings (SSSR count). The average molecular weight is 432 g/mol. The number of thiophene rings is 1. The minimum absolute atomic E-state index is 0.0355. The fourth-order valence-electron chi connectivity index (χ4n) is 3.50. The van der Waals surface area contributed by atoms with Crippen LogP contribution < -0.4 is 5.32 Å². The second kappa shape index (κ2) is 10.3. The van der Waals surface area contributed by atoms with Crippen molar-refractivity contribution in [3.63, 3.8) is 0 Å². The number of hydrogen-bond acceptors (Lipinski definition) is 5. The maximum absolute atomic E-state index is 12.5. The molecule has 0 saturated carbocycles. The smallest absolute Gasteiger partial charge is 0.341 e. The van der Waals surface area contributed by atoms with Crippen molar-refractivity contribution in [3.05, 3.63) is 45.8 Å². The number of ether oxygens (including phenoxy) is 1. The number of thioether (sulfide) groups is 1. The second-order valence-corrected chi connectivity index (χ2v) is 9.86. The highest BCUT2D eigenvalue weighted by molar-refractivity contribution is 7.99. The van der Waals surface area contributed by atoms with Crippen LogP contribution in [0.5, 0.6) is 0 Å². The Morgan fingerprint density at radius 2 is 2.03 bits per heavy atom. The molecule has 156 valence electrons. The molecule has 2 aromatic rings. The number of hydrogen-bond donors (Lipinski definition) is 1. The number of anilines is 1. The van der Waals surface area contributed by atoms with E-state index in [1.54, 1.807) is 23.1 Å². The summed E-state index contributed by atoms with van der Waals surface area (Å²) in [6, 6.07) is 8.43. The average Bonchev–Trinajstić information content (AvgIpc) is 3.03. The maximum atomic E-state index is 12.5. The minimum Gasteiger partial charge on any atom is -0.462 e. The van der Waals surface area contributed by atoms with Crippen LogP contribution in [0.4, 0.5) is 5.00 Å². The number of carbonyl (C=O) groups excluding carboxylic acids is 2. The fraction of sp³-hybridized carbons (Fsp3) is 0.478. The van der Waals surface area contributed by atoms with Crippen LogP contribution in [0.3, 0.4) is 0 Å². The van der Waals surface area contributed by atoms with Crippen molar-refractivity contribution in [3.8, 4) is 0 Å². The number of esters is 1. The third kappa shape index (κ3) is 5.86. The normalized spacial score (nSPS) is 15.6. The predicted molar refractivity (Wildman–Crippen MR) is 121 cm³/mol. The molecule has 1 unspecified atom stereocenters. The van der Waals surface area contributed by atoms with Crippen LogP contribution in [-0.2, 0) is 22.4 Å². The number of carbonyl (C=O) groups is 2. The van der Waals surface area contributed by atoms with Crippen LogP contribution in [0.15, 0.2) is 29.2 Å². The lowest BCUT2D eigenvalue weighted by molar-refractivity contribution is -0.116. The molecule has 29 heavy (non-hydrogen) atoms. The van der Waals surface area contributed by atoms with Gasteiger partial charge in [-0.1, -0.05) is 24.6 Å². The minimum atomic E-state index is -0.315.